The molecule has 0 aliphatic carbocycles. The first-order valence-corrected chi connectivity index (χ1v) is 5.19. The number of aliphatic carboxylic acids is 1. The Balaban J connectivity index is 2.60. The highest BCUT2D eigenvalue weighted by molar-refractivity contribution is 6.06. The summed E-state index contributed by atoms with van der Waals surface area (Å²) in [4.78, 5) is 32.8. The molecule has 19 heavy (non-hydrogen) atoms. The second-order valence-electron chi connectivity index (χ2n) is 3.32. The number of carboxylic acids is 1. The van der Waals surface area contributed by atoms with Crippen LogP contribution in [0.2, 0.25) is 0 Å². The molecule has 3 amide bonds. The van der Waals surface area contributed by atoms with Gasteiger partial charge in [0, 0.05) is 12.2 Å². The zero-order chi connectivity index (χ0) is 14.3. The van der Waals surface area contributed by atoms with Crippen LogP contribution in [-0.2, 0) is 9.59 Å². The molecule has 1 aromatic carbocycles. The van der Waals surface area contributed by atoms with Crippen LogP contribution in [0.4, 0.5) is 10.5 Å². The number of hydrogen-bond donors (Lipinski definition) is 3. The highest BCUT2D eigenvalue weighted by Gasteiger charge is 2.08. The monoisotopic (exact) mass is 264 g/mol. The fourth-order valence-electron chi connectivity index (χ4n) is 1.20. The molecule has 0 fully saturated rings. The van der Waals surface area contributed by atoms with Gasteiger partial charge in [-0.1, -0.05) is 12.1 Å². The fourth-order valence-corrected chi connectivity index (χ4v) is 1.20. The van der Waals surface area contributed by atoms with Crippen LogP contribution < -0.4 is 15.4 Å². The number of ether oxygens (including phenoxy) is 1. The number of carbonyl (C=O) groups excluding carboxylic acids is 2. The summed E-state index contributed by atoms with van der Waals surface area (Å²) in [7, 11) is 1.44. The molecule has 7 nitrogen and oxygen atoms in total. The van der Waals surface area contributed by atoms with E-state index in [9.17, 15) is 14.4 Å². The van der Waals surface area contributed by atoms with Gasteiger partial charge in [-0.3, -0.25) is 10.1 Å². The summed E-state index contributed by atoms with van der Waals surface area (Å²) in [6, 6.07) is 5.86. The predicted molar refractivity (Wildman–Crippen MR) is 66.9 cm³/mol. The maximum Gasteiger partial charge on any atom is 0.328 e. The Hall–Kier alpha value is -2.83. The minimum Gasteiger partial charge on any atom is -0.495 e. The molecule has 0 aromatic heterocycles. The topological polar surface area (TPSA) is 105 Å². The predicted octanol–water partition coefficient (Wildman–Crippen LogP) is 0.984. The van der Waals surface area contributed by atoms with E-state index >= 15 is 0 Å². The highest BCUT2D eigenvalue weighted by Crippen LogP contribution is 2.22. The number of carbonyl (C=O) groups is 3. The number of hydrogen-bond acceptors (Lipinski definition) is 4. The molecule has 0 radical (unpaired) electrons. The molecule has 1 aromatic rings. The average Bonchev–Trinajstić information content (AvgIpc) is 2.37. The van der Waals surface area contributed by atoms with Gasteiger partial charge in [-0.25, -0.2) is 9.59 Å². The standard InChI is InChI=1S/C12H12N2O5/c1-19-9-5-3-2-4-8(9)13-12(18)14-10(15)6-7-11(16)17/h2-7H,1H3,(H,16,17)(H2,13,14,15,18)/b7-6+. The molecule has 0 spiro atoms. The summed E-state index contributed by atoms with van der Waals surface area (Å²) in [5.41, 5.74) is 0.387. The number of urea groups is 1. The van der Waals surface area contributed by atoms with E-state index in [0.717, 1.165) is 6.08 Å². The Labute approximate surface area is 108 Å². The fraction of sp³-hybridized carbons (Fsp3) is 0.0833. The van der Waals surface area contributed by atoms with Gasteiger partial charge < -0.3 is 15.2 Å². The Morgan fingerprint density at radius 3 is 2.53 bits per heavy atom. The van der Waals surface area contributed by atoms with E-state index in [0.29, 0.717) is 17.5 Å². The molecule has 0 atom stereocenters. The second kappa shape index (κ2) is 6.80. The smallest absolute Gasteiger partial charge is 0.328 e. The zero-order valence-corrected chi connectivity index (χ0v) is 10.0. The van der Waals surface area contributed by atoms with Gasteiger partial charge in [-0.05, 0) is 12.1 Å². The van der Waals surface area contributed by atoms with Crippen molar-refractivity contribution in [3.63, 3.8) is 0 Å². The van der Waals surface area contributed by atoms with Gasteiger partial charge in [-0.15, -0.1) is 0 Å². The molecule has 0 unspecified atom stereocenters. The van der Waals surface area contributed by atoms with E-state index in [1.165, 1.54) is 7.11 Å². The number of amides is 3. The lowest BCUT2D eigenvalue weighted by Crippen LogP contribution is -2.33. The molecule has 7 heteroatoms. The van der Waals surface area contributed by atoms with Crippen molar-refractivity contribution in [2.75, 3.05) is 12.4 Å². The Morgan fingerprint density at radius 2 is 1.89 bits per heavy atom. The molecule has 0 heterocycles. The number of carboxylic acid groups (broad SMARTS) is 1. The third-order valence-electron chi connectivity index (χ3n) is 1.97. The molecule has 0 saturated carbocycles. The maximum atomic E-state index is 11.5. The first-order valence-electron chi connectivity index (χ1n) is 5.19. The van der Waals surface area contributed by atoms with Crippen molar-refractivity contribution >= 4 is 23.6 Å². The number of para-hydroxylation sites is 2. The maximum absolute atomic E-state index is 11.5. The first-order chi connectivity index (χ1) is 9.02. The number of imide groups is 1. The summed E-state index contributed by atoms with van der Waals surface area (Å²) in [5, 5.41) is 12.7. The van der Waals surface area contributed by atoms with Gasteiger partial charge in [0.25, 0.3) is 5.91 Å². The molecule has 0 aliphatic heterocycles. The number of methoxy groups -OCH3 is 1. The quantitative estimate of drug-likeness (QED) is 0.703. The van der Waals surface area contributed by atoms with Crippen molar-refractivity contribution in [3.05, 3.63) is 36.4 Å². The third-order valence-corrected chi connectivity index (χ3v) is 1.97. The number of benzene rings is 1. The van der Waals surface area contributed by atoms with Gasteiger partial charge >= 0.3 is 12.0 Å². The molecular formula is C12H12N2O5. The van der Waals surface area contributed by atoms with Crippen LogP contribution in [0.1, 0.15) is 0 Å². The Morgan fingerprint density at radius 1 is 1.21 bits per heavy atom. The molecule has 0 saturated heterocycles. The average molecular weight is 264 g/mol. The van der Waals surface area contributed by atoms with Gasteiger partial charge in [0.1, 0.15) is 5.75 Å². The number of rotatable bonds is 4. The summed E-state index contributed by atoms with van der Waals surface area (Å²) < 4.78 is 5.01. The first kappa shape index (κ1) is 14.2. The highest BCUT2D eigenvalue weighted by atomic mass is 16.5. The van der Waals surface area contributed by atoms with Crippen molar-refractivity contribution in [2.24, 2.45) is 0 Å². The Kier molecular flexibility index (Phi) is 5.09. The van der Waals surface area contributed by atoms with Crippen molar-refractivity contribution in [1.82, 2.24) is 5.32 Å². The lowest BCUT2D eigenvalue weighted by Gasteiger charge is -2.09. The van der Waals surface area contributed by atoms with Crippen molar-refractivity contribution in [2.45, 2.75) is 0 Å². The number of nitrogens with one attached hydrogen (secondary N) is 2. The zero-order valence-electron chi connectivity index (χ0n) is 10.0. The van der Waals surface area contributed by atoms with E-state index in [2.05, 4.69) is 5.32 Å². The van der Waals surface area contributed by atoms with Crippen molar-refractivity contribution < 1.29 is 24.2 Å². The normalized spacial score (nSPS) is 9.95. The van der Waals surface area contributed by atoms with Crippen LogP contribution in [0, 0.1) is 0 Å². The number of anilines is 1. The molecular weight excluding hydrogens is 252 g/mol. The minimum atomic E-state index is -1.28. The second-order valence-corrected chi connectivity index (χ2v) is 3.32. The van der Waals surface area contributed by atoms with Gasteiger partial charge in [-0.2, -0.15) is 0 Å². The molecule has 3 N–H and O–H groups in total. The molecule has 0 bridgehead atoms. The summed E-state index contributed by atoms with van der Waals surface area (Å²) in [6.45, 7) is 0. The van der Waals surface area contributed by atoms with E-state index < -0.39 is 17.9 Å². The van der Waals surface area contributed by atoms with E-state index in [1.807, 2.05) is 5.32 Å². The van der Waals surface area contributed by atoms with Crippen molar-refractivity contribution in [1.29, 1.82) is 0 Å². The third kappa shape index (κ3) is 4.90. The van der Waals surface area contributed by atoms with Gasteiger partial charge in [0.2, 0.25) is 0 Å². The van der Waals surface area contributed by atoms with E-state index in [-0.39, 0.29) is 0 Å². The van der Waals surface area contributed by atoms with Crippen LogP contribution in [0.3, 0.4) is 0 Å². The summed E-state index contributed by atoms with van der Waals surface area (Å²) in [6.07, 6.45) is 1.37. The van der Waals surface area contributed by atoms with Crippen LogP contribution >= 0.6 is 0 Å². The lowest BCUT2D eigenvalue weighted by atomic mass is 10.3. The van der Waals surface area contributed by atoms with Crippen LogP contribution in [0.25, 0.3) is 0 Å². The molecule has 100 valence electrons. The molecule has 0 aliphatic rings. The Bertz CT molecular complexity index is 525. The van der Waals surface area contributed by atoms with E-state index in [1.54, 1.807) is 24.3 Å². The van der Waals surface area contributed by atoms with Gasteiger partial charge in [0.15, 0.2) is 0 Å². The van der Waals surface area contributed by atoms with Gasteiger partial charge in [0.05, 0.1) is 12.8 Å². The minimum absolute atomic E-state index is 0.387. The SMILES string of the molecule is COc1ccccc1NC(=O)NC(=O)/C=C/C(=O)O. The van der Waals surface area contributed by atoms with Crippen molar-refractivity contribution in [3.8, 4) is 5.75 Å². The largest absolute Gasteiger partial charge is 0.495 e. The lowest BCUT2D eigenvalue weighted by molar-refractivity contribution is -0.131. The summed E-state index contributed by atoms with van der Waals surface area (Å²) >= 11 is 0. The van der Waals surface area contributed by atoms with Crippen LogP contribution in [0.5, 0.6) is 5.75 Å². The van der Waals surface area contributed by atoms with E-state index in [4.69, 9.17) is 9.84 Å². The van der Waals surface area contributed by atoms with Crippen LogP contribution in [-0.4, -0.2) is 30.1 Å². The summed E-state index contributed by atoms with van der Waals surface area (Å²) in [5.74, 6) is -1.68. The molecule has 1 rings (SSSR count). The van der Waals surface area contributed by atoms with Crippen LogP contribution in [0.15, 0.2) is 36.4 Å².